The highest BCUT2D eigenvalue weighted by molar-refractivity contribution is 5.25. The molecule has 2 heteroatoms. The van der Waals surface area contributed by atoms with Crippen molar-refractivity contribution < 1.29 is 4.74 Å². The lowest BCUT2D eigenvalue weighted by molar-refractivity contribution is 0.184. The van der Waals surface area contributed by atoms with E-state index in [-0.39, 0.29) is 0 Å². The smallest absolute Gasteiger partial charge is 0.0716 e. The molecule has 59 valence electrons. The molecule has 0 aromatic heterocycles. The van der Waals surface area contributed by atoms with Crippen LogP contribution in [0.1, 0.15) is 11.1 Å². The Balaban J connectivity index is 2.83. The molecular formula is C9H12NO. The van der Waals surface area contributed by atoms with Crippen LogP contribution in [-0.2, 0) is 17.9 Å². The largest absolute Gasteiger partial charge is 0.380 e. The molecule has 2 nitrogen and oxygen atoms in total. The van der Waals surface area contributed by atoms with E-state index in [0.29, 0.717) is 13.2 Å². The second-order valence-corrected chi connectivity index (χ2v) is 2.38. The molecule has 1 rings (SSSR count). The Kier molecular flexibility index (Phi) is 3.08. The van der Waals surface area contributed by atoms with Crippen molar-refractivity contribution in [3.05, 3.63) is 35.4 Å². The minimum Gasteiger partial charge on any atom is -0.380 e. The first-order valence-electron chi connectivity index (χ1n) is 3.58. The van der Waals surface area contributed by atoms with Crippen molar-refractivity contribution in [1.82, 2.24) is 5.73 Å². The van der Waals surface area contributed by atoms with E-state index in [9.17, 15) is 0 Å². The monoisotopic (exact) mass is 150 g/mol. The van der Waals surface area contributed by atoms with Gasteiger partial charge in [-0.15, -0.1) is 0 Å². The van der Waals surface area contributed by atoms with E-state index in [0.717, 1.165) is 11.1 Å². The fraction of sp³-hybridized carbons (Fsp3) is 0.333. The van der Waals surface area contributed by atoms with Gasteiger partial charge in [-0.3, -0.25) is 5.73 Å². The summed E-state index contributed by atoms with van der Waals surface area (Å²) in [6, 6.07) is 7.87. The molecule has 0 aliphatic heterocycles. The molecule has 0 saturated heterocycles. The Morgan fingerprint density at radius 3 is 2.45 bits per heavy atom. The maximum atomic E-state index is 7.21. The minimum absolute atomic E-state index is 0.333. The van der Waals surface area contributed by atoms with Crippen LogP contribution in [0.3, 0.4) is 0 Å². The maximum absolute atomic E-state index is 7.21. The van der Waals surface area contributed by atoms with E-state index in [1.807, 2.05) is 24.3 Å². The molecule has 0 spiro atoms. The van der Waals surface area contributed by atoms with Gasteiger partial charge in [-0.05, 0) is 11.1 Å². The summed E-state index contributed by atoms with van der Waals surface area (Å²) >= 11 is 0. The second kappa shape index (κ2) is 4.11. The Labute approximate surface area is 67.0 Å². The van der Waals surface area contributed by atoms with Crippen molar-refractivity contribution in [2.24, 2.45) is 0 Å². The summed E-state index contributed by atoms with van der Waals surface area (Å²) in [5.41, 5.74) is 9.37. The standard InChI is InChI=1S/C9H12NO/c1-11-7-9-5-3-2-4-8(9)6-10/h2-5,10H,6-7H2,1H3. The van der Waals surface area contributed by atoms with Crippen LogP contribution in [0.25, 0.3) is 0 Å². The van der Waals surface area contributed by atoms with E-state index in [4.69, 9.17) is 10.5 Å². The molecule has 0 saturated carbocycles. The molecule has 0 amide bonds. The molecule has 0 fully saturated rings. The van der Waals surface area contributed by atoms with Crippen LogP contribution < -0.4 is 5.73 Å². The fourth-order valence-electron chi connectivity index (χ4n) is 1.03. The summed E-state index contributed by atoms with van der Waals surface area (Å²) in [6.45, 7) is 0.939. The number of methoxy groups -OCH3 is 1. The van der Waals surface area contributed by atoms with E-state index >= 15 is 0 Å². The van der Waals surface area contributed by atoms with Gasteiger partial charge < -0.3 is 4.74 Å². The van der Waals surface area contributed by atoms with Gasteiger partial charge in [0.25, 0.3) is 0 Å². The van der Waals surface area contributed by atoms with Gasteiger partial charge in [0.15, 0.2) is 0 Å². The third-order valence-electron chi connectivity index (χ3n) is 1.61. The zero-order chi connectivity index (χ0) is 8.10. The highest BCUT2D eigenvalue weighted by Crippen LogP contribution is 2.08. The molecule has 1 radical (unpaired) electrons. The van der Waals surface area contributed by atoms with E-state index in [1.165, 1.54) is 0 Å². The molecule has 0 aliphatic rings. The van der Waals surface area contributed by atoms with Crippen molar-refractivity contribution >= 4 is 0 Å². The third-order valence-corrected chi connectivity index (χ3v) is 1.61. The molecule has 0 bridgehead atoms. The normalized spacial score (nSPS) is 10.0. The van der Waals surface area contributed by atoms with E-state index in [1.54, 1.807) is 7.11 Å². The first kappa shape index (κ1) is 8.24. The lowest BCUT2D eigenvalue weighted by Gasteiger charge is -2.04. The number of hydrogen-bond acceptors (Lipinski definition) is 1. The van der Waals surface area contributed by atoms with E-state index in [2.05, 4.69) is 0 Å². The molecule has 1 aromatic rings. The topological polar surface area (TPSA) is 33.0 Å². The molecule has 0 atom stereocenters. The first-order valence-corrected chi connectivity index (χ1v) is 3.58. The predicted molar refractivity (Wildman–Crippen MR) is 44.0 cm³/mol. The Bertz CT molecular complexity index is 223. The zero-order valence-corrected chi connectivity index (χ0v) is 6.63. The van der Waals surface area contributed by atoms with Crippen molar-refractivity contribution in [3.8, 4) is 0 Å². The summed E-state index contributed by atoms with van der Waals surface area (Å²) in [5, 5.41) is 0. The molecule has 1 N–H and O–H groups in total. The van der Waals surface area contributed by atoms with Gasteiger partial charge in [0.05, 0.1) is 6.61 Å². The van der Waals surface area contributed by atoms with Crippen LogP contribution in [0.15, 0.2) is 24.3 Å². The molecule has 0 aliphatic carbocycles. The van der Waals surface area contributed by atoms with Crippen LogP contribution in [0.4, 0.5) is 0 Å². The van der Waals surface area contributed by atoms with Crippen LogP contribution in [0.5, 0.6) is 0 Å². The third kappa shape index (κ3) is 2.03. The van der Waals surface area contributed by atoms with Crippen molar-refractivity contribution in [2.75, 3.05) is 7.11 Å². The van der Waals surface area contributed by atoms with Crippen molar-refractivity contribution in [1.29, 1.82) is 0 Å². The van der Waals surface area contributed by atoms with Gasteiger partial charge in [-0.1, -0.05) is 24.3 Å². The molecule has 0 unspecified atom stereocenters. The lowest BCUT2D eigenvalue weighted by atomic mass is 10.1. The molecular weight excluding hydrogens is 138 g/mol. The van der Waals surface area contributed by atoms with Crippen molar-refractivity contribution in [3.63, 3.8) is 0 Å². The minimum atomic E-state index is 0.333. The van der Waals surface area contributed by atoms with Crippen molar-refractivity contribution in [2.45, 2.75) is 13.2 Å². The van der Waals surface area contributed by atoms with E-state index < -0.39 is 0 Å². The molecule has 1 aromatic carbocycles. The van der Waals surface area contributed by atoms with Gasteiger partial charge in [0.2, 0.25) is 0 Å². The highest BCUT2D eigenvalue weighted by atomic mass is 16.5. The van der Waals surface area contributed by atoms with Crippen LogP contribution in [0.2, 0.25) is 0 Å². The van der Waals surface area contributed by atoms with Gasteiger partial charge >= 0.3 is 0 Å². The first-order chi connectivity index (χ1) is 5.38. The van der Waals surface area contributed by atoms with Gasteiger partial charge in [0, 0.05) is 13.7 Å². The predicted octanol–water partition coefficient (Wildman–Crippen LogP) is 1.62. The highest BCUT2D eigenvalue weighted by Gasteiger charge is 1.97. The molecule has 11 heavy (non-hydrogen) atoms. The van der Waals surface area contributed by atoms with Gasteiger partial charge in [-0.25, -0.2) is 0 Å². The number of hydrogen-bond donors (Lipinski definition) is 0. The van der Waals surface area contributed by atoms with Gasteiger partial charge in [0.1, 0.15) is 0 Å². The fourth-order valence-corrected chi connectivity index (χ4v) is 1.03. The summed E-state index contributed by atoms with van der Waals surface area (Å²) < 4.78 is 4.99. The van der Waals surface area contributed by atoms with Crippen LogP contribution in [-0.4, -0.2) is 7.11 Å². The summed E-state index contributed by atoms with van der Waals surface area (Å²) in [6.07, 6.45) is 0. The SMILES string of the molecule is COCc1ccccc1C[NH]. The average molecular weight is 150 g/mol. The Hall–Kier alpha value is -0.860. The number of benzene rings is 1. The second-order valence-electron chi connectivity index (χ2n) is 2.38. The van der Waals surface area contributed by atoms with Gasteiger partial charge in [-0.2, -0.15) is 0 Å². The van der Waals surface area contributed by atoms with Crippen LogP contribution >= 0.6 is 0 Å². The zero-order valence-electron chi connectivity index (χ0n) is 6.63. The Morgan fingerprint density at radius 2 is 1.91 bits per heavy atom. The number of nitrogens with one attached hydrogen (secondary N) is 1. The Morgan fingerprint density at radius 1 is 1.27 bits per heavy atom. The number of rotatable bonds is 3. The summed E-state index contributed by atoms with van der Waals surface area (Å²) in [4.78, 5) is 0. The number of ether oxygens (including phenoxy) is 1. The maximum Gasteiger partial charge on any atom is 0.0716 e. The quantitative estimate of drug-likeness (QED) is 0.644. The summed E-state index contributed by atoms with van der Waals surface area (Å²) in [7, 11) is 1.67. The molecule has 0 heterocycles. The lowest BCUT2D eigenvalue weighted by Crippen LogP contribution is -1.95. The summed E-state index contributed by atoms with van der Waals surface area (Å²) in [5.74, 6) is 0. The average Bonchev–Trinajstić information content (AvgIpc) is 2.06. The van der Waals surface area contributed by atoms with Crippen LogP contribution in [0, 0.1) is 0 Å².